The maximum absolute atomic E-state index is 13.4. The molecular weight excluding hydrogens is 356 g/mol. The molecular formula is C20H22N6O2. The molecule has 0 spiro atoms. The van der Waals surface area contributed by atoms with E-state index in [2.05, 4.69) is 25.8 Å². The Hall–Kier alpha value is -2.97. The number of aryl methyl sites for hydroxylation is 1. The van der Waals surface area contributed by atoms with Gasteiger partial charge in [-0.25, -0.2) is 15.8 Å². The van der Waals surface area contributed by atoms with Crippen molar-refractivity contribution < 1.29 is 9.21 Å². The molecule has 3 N–H and O–H groups in total. The second-order valence-corrected chi connectivity index (χ2v) is 7.28. The molecule has 8 heteroatoms. The van der Waals surface area contributed by atoms with Crippen LogP contribution in [0.4, 0.5) is 0 Å². The number of carbonyl (C=O) groups excluding carboxylic acids is 1. The Morgan fingerprint density at radius 2 is 2.14 bits per heavy atom. The lowest BCUT2D eigenvalue weighted by molar-refractivity contribution is -0.135. The van der Waals surface area contributed by atoms with Crippen LogP contribution >= 0.6 is 0 Å². The van der Waals surface area contributed by atoms with Crippen LogP contribution in [0.2, 0.25) is 0 Å². The molecule has 0 aromatic carbocycles. The number of carbonyl (C=O) groups is 1. The van der Waals surface area contributed by atoms with E-state index in [1.807, 2.05) is 42.2 Å². The van der Waals surface area contributed by atoms with E-state index in [4.69, 9.17) is 4.42 Å². The second-order valence-electron chi connectivity index (χ2n) is 7.28. The van der Waals surface area contributed by atoms with Crippen molar-refractivity contribution in [2.75, 3.05) is 6.54 Å². The molecule has 0 aliphatic carbocycles. The number of fused-ring (bicyclic) bond motifs is 1. The number of hydrogen-bond acceptors (Lipinski definition) is 6. The van der Waals surface area contributed by atoms with Crippen LogP contribution in [0.5, 0.6) is 0 Å². The highest BCUT2D eigenvalue weighted by molar-refractivity contribution is 5.83. The van der Waals surface area contributed by atoms with Gasteiger partial charge >= 0.3 is 0 Å². The van der Waals surface area contributed by atoms with Crippen LogP contribution in [-0.4, -0.2) is 38.3 Å². The highest BCUT2D eigenvalue weighted by Gasteiger charge is 2.40. The summed E-state index contributed by atoms with van der Waals surface area (Å²) in [6.07, 6.45) is 4.83. The van der Waals surface area contributed by atoms with Gasteiger partial charge in [0.2, 0.25) is 5.91 Å². The van der Waals surface area contributed by atoms with Gasteiger partial charge in [0.1, 0.15) is 23.6 Å². The standard InChI is InChI=1S/C20H22N6O2/c1-12-5-6-17(28-12)15-10-16(25-24-15)20(27)26-9-7-13-18(23-11-22-13)19(26)14-4-2-3-8-21-14/h2-6,8,11,15-16,19,24-25H,7,9-10H2,1H3,(H,22,23). The van der Waals surface area contributed by atoms with Crippen LogP contribution in [0.25, 0.3) is 0 Å². The highest BCUT2D eigenvalue weighted by Crippen LogP contribution is 2.34. The van der Waals surface area contributed by atoms with Crippen molar-refractivity contribution in [2.24, 2.45) is 0 Å². The fraction of sp³-hybridized carbons (Fsp3) is 0.350. The number of pyridine rings is 1. The lowest BCUT2D eigenvalue weighted by Crippen LogP contribution is -2.49. The summed E-state index contributed by atoms with van der Waals surface area (Å²) in [6.45, 7) is 2.54. The Morgan fingerprint density at radius 3 is 2.93 bits per heavy atom. The molecule has 28 heavy (non-hydrogen) atoms. The summed E-state index contributed by atoms with van der Waals surface area (Å²) in [7, 11) is 0. The van der Waals surface area contributed by atoms with Crippen molar-refractivity contribution in [3.63, 3.8) is 0 Å². The summed E-state index contributed by atoms with van der Waals surface area (Å²) in [5.41, 5.74) is 9.12. The number of aromatic amines is 1. The summed E-state index contributed by atoms with van der Waals surface area (Å²) < 4.78 is 5.72. The number of amides is 1. The van der Waals surface area contributed by atoms with Gasteiger partial charge in [0.05, 0.1) is 23.8 Å². The largest absolute Gasteiger partial charge is 0.465 e. The molecule has 3 aromatic heterocycles. The number of imidazole rings is 1. The summed E-state index contributed by atoms with van der Waals surface area (Å²) in [6, 6.07) is 9.02. The topological polar surface area (TPSA) is 99.1 Å². The SMILES string of the molecule is Cc1ccc(C2CC(C(=O)N3CCc4[nH]cnc4C3c3ccccn3)NN2)o1. The van der Waals surface area contributed by atoms with Crippen LogP contribution in [-0.2, 0) is 11.2 Å². The zero-order valence-corrected chi connectivity index (χ0v) is 15.6. The maximum Gasteiger partial charge on any atom is 0.242 e. The average Bonchev–Trinajstić information content (AvgIpc) is 3.47. The van der Waals surface area contributed by atoms with Crippen LogP contribution in [0.1, 0.15) is 47.1 Å². The van der Waals surface area contributed by atoms with Gasteiger partial charge in [-0.1, -0.05) is 6.07 Å². The number of rotatable bonds is 3. The van der Waals surface area contributed by atoms with Crippen molar-refractivity contribution in [3.8, 4) is 0 Å². The Bertz CT molecular complexity index is 982. The predicted octanol–water partition coefficient (Wildman–Crippen LogP) is 1.79. The zero-order chi connectivity index (χ0) is 19.1. The smallest absolute Gasteiger partial charge is 0.242 e. The number of hydrogen-bond donors (Lipinski definition) is 3. The van der Waals surface area contributed by atoms with Crippen LogP contribution in [0, 0.1) is 6.92 Å². The van der Waals surface area contributed by atoms with Crippen LogP contribution in [0.3, 0.4) is 0 Å². The summed E-state index contributed by atoms with van der Waals surface area (Å²) in [5.74, 6) is 1.75. The minimum absolute atomic E-state index is 0.0262. The van der Waals surface area contributed by atoms with E-state index in [0.717, 1.165) is 35.0 Å². The predicted molar refractivity (Wildman–Crippen MR) is 101 cm³/mol. The fourth-order valence-corrected chi connectivity index (χ4v) is 4.10. The first-order valence-electron chi connectivity index (χ1n) is 9.51. The van der Waals surface area contributed by atoms with Crippen LogP contribution < -0.4 is 10.9 Å². The van der Waals surface area contributed by atoms with Gasteiger partial charge in [-0.3, -0.25) is 9.78 Å². The molecule has 3 atom stereocenters. The fourth-order valence-electron chi connectivity index (χ4n) is 4.10. The molecule has 8 nitrogen and oxygen atoms in total. The van der Waals surface area contributed by atoms with Gasteiger partial charge in [0, 0.05) is 24.9 Å². The van der Waals surface area contributed by atoms with E-state index in [1.165, 1.54) is 0 Å². The third-order valence-electron chi connectivity index (χ3n) is 5.48. The molecule has 5 rings (SSSR count). The van der Waals surface area contributed by atoms with E-state index in [1.54, 1.807) is 12.5 Å². The first-order valence-corrected chi connectivity index (χ1v) is 9.51. The normalized spacial score (nSPS) is 24.3. The Balaban J connectivity index is 1.41. The second kappa shape index (κ2) is 6.88. The molecule has 3 unspecified atom stereocenters. The van der Waals surface area contributed by atoms with Gasteiger partial charge in [0.15, 0.2) is 0 Å². The van der Waals surface area contributed by atoms with Gasteiger partial charge in [0.25, 0.3) is 0 Å². The number of nitrogens with one attached hydrogen (secondary N) is 3. The van der Waals surface area contributed by atoms with E-state index in [0.29, 0.717) is 13.0 Å². The molecule has 1 saturated heterocycles. The monoisotopic (exact) mass is 378 g/mol. The van der Waals surface area contributed by atoms with Gasteiger partial charge < -0.3 is 14.3 Å². The molecule has 0 bridgehead atoms. The van der Waals surface area contributed by atoms with E-state index >= 15 is 0 Å². The summed E-state index contributed by atoms with van der Waals surface area (Å²) in [4.78, 5) is 27.5. The first-order chi connectivity index (χ1) is 13.7. The molecule has 2 aliphatic heterocycles. The number of furan rings is 1. The number of hydrazine groups is 1. The third kappa shape index (κ3) is 2.90. The molecule has 3 aromatic rings. The zero-order valence-electron chi connectivity index (χ0n) is 15.6. The van der Waals surface area contributed by atoms with Gasteiger partial charge in [-0.2, -0.15) is 0 Å². The van der Waals surface area contributed by atoms with Gasteiger partial charge in [-0.15, -0.1) is 0 Å². The molecule has 2 aliphatic rings. The Kier molecular flexibility index (Phi) is 4.22. The van der Waals surface area contributed by atoms with Crippen molar-refractivity contribution in [3.05, 3.63) is 71.5 Å². The first kappa shape index (κ1) is 17.2. The molecule has 0 radical (unpaired) electrons. The minimum atomic E-state index is -0.331. The lowest BCUT2D eigenvalue weighted by Gasteiger charge is -2.36. The van der Waals surface area contributed by atoms with E-state index in [9.17, 15) is 4.79 Å². The van der Waals surface area contributed by atoms with Crippen molar-refractivity contribution in [2.45, 2.75) is 37.9 Å². The lowest BCUT2D eigenvalue weighted by atomic mass is 9.97. The molecule has 144 valence electrons. The van der Waals surface area contributed by atoms with Crippen molar-refractivity contribution in [1.82, 2.24) is 30.7 Å². The van der Waals surface area contributed by atoms with Crippen molar-refractivity contribution >= 4 is 5.91 Å². The van der Waals surface area contributed by atoms with E-state index < -0.39 is 0 Å². The molecule has 1 amide bonds. The molecule has 0 saturated carbocycles. The number of H-pyrrole nitrogens is 1. The quantitative estimate of drug-likeness (QED) is 0.643. The number of aromatic nitrogens is 3. The van der Waals surface area contributed by atoms with Crippen LogP contribution in [0.15, 0.2) is 47.3 Å². The average molecular weight is 378 g/mol. The van der Waals surface area contributed by atoms with E-state index in [-0.39, 0.29) is 24.0 Å². The third-order valence-corrected chi connectivity index (χ3v) is 5.48. The Labute approximate surface area is 162 Å². The van der Waals surface area contributed by atoms with Gasteiger partial charge in [-0.05, 0) is 37.6 Å². The minimum Gasteiger partial charge on any atom is -0.465 e. The van der Waals surface area contributed by atoms with Crippen molar-refractivity contribution in [1.29, 1.82) is 0 Å². The summed E-state index contributed by atoms with van der Waals surface area (Å²) in [5, 5.41) is 0. The summed E-state index contributed by atoms with van der Waals surface area (Å²) >= 11 is 0. The Morgan fingerprint density at radius 1 is 1.21 bits per heavy atom. The molecule has 5 heterocycles. The number of nitrogens with zero attached hydrogens (tertiary/aromatic N) is 3. The molecule has 1 fully saturated rings. The maximum atomic E-state index is 13.4. The highest BCUT2D eigenvalue weighted by atomic mass is 16.3.